The number of benzene rings is 2. The molecule has 0 radical (unpaired) electrons. The molecule has 1 aliphatic rings. The van der Waals surface area contributed by atoms with Gasteiger partial charge in [-0.2, -0.15) is 0 Å². The fraction of sp³-hybridized carbons (Fsp3) is 0.375. The number of methoxy groups -OCH3 is 1. The molecule has 4 rings (SSSR count). The van der Waals surface area contributed by atoms with E-state index in [-0.39, 0.29) is 5.78 Å². The number of hydrogen-bond donors (Lipinski definition) is 2. The number of H-pyrrole nitrogens is 1. The van der Waals surface area contributed by atoms with E-state index in [0.29, 0.717) is 12.6 Å². The number of quaternary nitrogens is 1. The molecule has 1 aliphatic heterocycles. The summed E-state index contributed by atoms with van der Waals surface area (Å²) in [4.78, 5) is 20.3. The Hall–Kier alpha value is -2.79. The Morgan fingerprint density at radius 3 is 2.66 bits per heavy atom. The minimum absolute atomic E-state index is 0.234. The van der Waals surface area contributed by atoms with Crippen LogP contribution in [0.5, 0.6) is 5.75 Å². The van der Waals surface area contributed by atoms with Crippen molar-refractivity contribution < 1.29 is 14.4 Å². The van der Waals surface area contributed by atoms with Gasteiger partial charge in [-0.25, -0.2) is 0 Å². The number of ether oxygens (including phenoxy) is 1. The fourth-order valence-electron chi connectivity index (χ4n) is 4.57. The third-order valence-electron chi connectivity index (χ3n) is 6.06. The van der Waals surface area contributed by atoms with Crippen LogP contribution in [0, 0.1) is 13.8 Å². The first-order valence-electron chi connectivity index (χ1n) is 10.3. The summed E-state index contributed by atoms with van der Waals surface area (Å²) < 4.78 is 5.26. The average molecular weight is 393 g/mol. The van der Waals surface area contributed by atoms with Crippen molar-refractivity contribution in [3.8, 4) is 5.75 Å². The molecule has 2 atom stereocenters. The number of ketones is 1. The molecule has 0 bridgehead atoms. The number of anilines is 1. The molecule has 2 heterocycles. The summed E-state index contributed by atoms with van der Waals surface area (Å²) in [5, 5.41) is 1.04. The molecule has 1 fully saturated rings. The minimum Gasteiger partial charge on any atom is -0.497 e. The number of nitrogens with zero attached hydrogens (tertiary/aromatic N) is 1. The Bertz CT molecular complexity index is 1020. The second-order valence-corrected chi connectivity index (χ2v) is 8.22. The average Bonchev–Trinajstić information content (AvgIpc) is 3.03. The molecule has 5 nitrogen and oxygen atoms in total. The topological polar surface area (TPSA) is 49.8 Å². The second kappa shape index (κ2) is 7.91. The maximum absolute atomic E-state index is 13.2. The lowest BCUT2D eigenvalue weighted by atomic mass is 10.0. The van der Waals surface area contributed by atoms with Gasteiger partial charge in [0.1, 0.15) is 12.3 Å². The van der Waals surface area contributed by atoms with Crippen molar-refractivity contribution in [1.82, 2.24) is 4.98 Å². The number of Topliss-reactive ketones (excluding diaryl/α,β-unsaturated/α-hetero) is 1. The number of aromatic amines is 1. The van der Waals surface area contributed by atoms with Crippen LogP contribution in [-0.4, -0.2) is 50.1 Å². The molecule has 1 unspecified atom stereocenters. The largest absolute Gasteiger partial charge is 0.497 e. The van der Waals surface area contributed by atoms with Gasteiger partial charge >= 0.3 is 0 Å². The summed E-state index contributed by atoms with van der Waals surface area (Å²) in [6.07, 6.45) is 0. The monoisotopic (exact) mass is 392 g/mol. The van der Waals surface area contributed by atoms with Gasteiger partial charge in [0.15, 0.2) is 0 Å². The first-order valence-corrected chi connectivity index (χ1v) is 10.3. The van der Waals surface area contributed by atoms with Crippen LogP contribution in [0.15, 0.2) is 42.5 Å². The van der Waals surface area contributed by atoms with E-state index in [0.717, 1.165) is 47.5 Å². The lowest BCUT2D eigenvalue weighted by Crippen LogP contribution is -3.16. The number of piperazine rings is 1. The van der Waals surface area contributed by atoms with Crippen LogP contribution in [0.1, 0.15) is 28.5 Å². The summed E-state index contributed by atoms with van der Waals surface area (Å²) in [6, 6.07) is 14.9. The predicted octanol–water partition coefficient (Wildman–Crippen LogP) is 2.77. The van der Waals surface area contributed by atoms with Crippen molar-refractivity contribution in [3.63, 3.8) is 0 Å². The van der Waals surface area contributed by atoms with Crippen LogP contribution in [0.2, 0.25) is 0 Å². The van der Waals surface area contributed by atoms with Gasteiger partial charge in [-0.05, 0) is 56.7 Å². The van der Waals surface area contributed by atoms with Crippen molar-refractivity contribution >= 4 is 22.4 Å². The van der Waals surface area contributed by atoms with Crippen LogP contribution >= 0.6 is 0 Å². The predicted molar refractivity (Wildman–Crippen MR) is 117 cm³/mol. The van der Waals surface area contributed by atoms with Gasteiger partial charge in [0, 0.05) is 22.3 Å². The van der Waals surface area contributed by atoms with Crippen molar-refractivity contribution in [2.45, 2.75) is 26.8 Å². The van der Waals surface area contributed by atoms with E-state index in [2.05, 4.69) is 54.1 Å². The molecule has 0 aliphatic carbocycles. The number of carbonyl (C=O) groups excluding carboxylic acids is 1. The van der Waals surface area contributed by atoms with E-state index < -0.39 is 0 Å². The van der Waals surface area contributed by atoms with Crippen LogP contribution in [0.4, 0.5) is 5.69 Å². The summed E-state index contributed by atoms with van der Waals surface area (Å²) in [5.74, 6) is 1.11. The van der Waals surface area contributed by atoms with Gasteiger partial charge in [-0.1, -0.05) is 12.1 Å². The Morgan fingerprint density at radius 2 is 1.97 bits per heavy atom. The number of carbonyl (C=O) groups is 1. The normalized spacial score (nSPS) is 19.5. The number of rotatable bonds is 5. The zero-order valence-corrected chi connectivity index (χ0v) is 17.7. The van der Waals surface area contributed by atoms with Gasteiger partial charge < -0.3 is 19.5 Å². The number of aryl methyl sites for hydroxylation is 2. The molecule has 1 aromatic heterocycles. The van der Waals surface area contributed by atoms with Gasteiger partial charge in [-0.3, -0.25) is 4.79 Å². The van der Waals surface area contributed by atoms with Crippen LogP contribution in [0.25, 0.3) is 10.9 Å². The van der Waals surface area contributed by atoms with Crippen LogP contribution in [-0.2, 0) is 0 Å². The highest BCUT2D eigenvalue weighted by molar-refractivity contribution is 6.09. The molecular weight excluding hydrogens is 362 g/mol. The molecule has 152 valence electrons. The zero-order valence-electron chi connectivity index (χ0n) is 17.7. The highest BCUT2D eigenvalue weighted by atomic mass is 16.5. The summed E-state index contributed by atoms with van der Waals surface area (Å²) in [5.41, 5.74) is 5.30. The summed E-state index contributed by atoms with van der Waals surface area (Å²) in [6.45, 7) is 9.73. The van der Waals surface area contributed by atoms with E-state index in [1.165, 1.54) is 16.2 Å². The number of fused-ring (bicyclic) bond motifs is 1. The molecule has 0 amide bonds. The summed E-state index contributed by atoms with van der Waals surface area (Å²) in [7, 11) is 1.69. The molecular formula is C24H30N3O2+. The minimum atomic E-state index is 0.234. The molecule has 2 aromatic carbocycles. The van der Waals surface area contributed by atoms with Crippen molar-refractivity contribution in [2.24, 2.45) is 0 Å². The smallest absolute Gasteiger partial charge is 0.219 e. The fourth-order valence-corrected chi connectivity index (χ4v) is 4.57. The van der Waals surface area contributed by atoms with E-state index in [9.17, 15) is 4.79 Å². The number of aromatic nitrogens is 1. The quantitative estimate of drug-likeness (QED) is 0.657. The summed E-state index contributed by atoms with van der Waals surface area (Å²) >= 11 is 0. The van der Waals surface area contributed by atoms with Gasteiger partial charge in [0.05, 0.1) is 38.3 Å². The van der Waals surface area contributed by atoms with E-state index in [1.54, 1.807) is 7.11 Å². The second-order valence-electron chi connectivity index (χ2n) is 8.22. The van der Waals surface area contributed by atoms with E-state index in [1.807, 2.05) is 19.1 Å². The zero-order chi connectivity index (χ0) is 20.5. The molecule has 3 aromatic rings. The molecule has 5 heteroatoms. The standard InChI is InChI=1S/C24H29N3O2/c1-16-5-10-21-22(13-16)25-18(3)24(21)23(28)15-26-11-12-27(17(2)14-26)19-6-8-20(29-4)9-7-19/h5-10,13,17,25H,11-12,14-15H2,1-4H3/p+1/t17-/m0/s1. The number of nitrogens with one attached hydrogen (secondary N) is 2. The van der Waals surface area contributed by atoms with Crippen molar-refractivity contribution in [3.05, 3.63) is 59.3 Å². The van der Waals surface area contributed by atoms with E-state index in [4.69, 9.17) is 4.74 Å². The van der Waals surface area contributed by atoms with Crippen LogP contribution in [0.3, 0.4) is 0 Å². The third kappa shape index (κ3) is 3.87. The highest BCUT2D eigenvalue weighted by Crippen LogP contribution is 2.24. The molecule has 2 N–H and O–H groups in total. The van der Waals surface area contributed by atoms with Crippen molar-refractivity contribution in [2.75, 3.05) is 38.2 Å². The van der Waals surface area contributed by atoms with Crippen molar-refractivity contribution in [1.29, 1.82) is 0 Å². The highest BCUT2D eigenvalue weighted by Gasteiger charge is 2.29. The Balaban J connectivity index is 1.45. The maximum Gasteiger partial charge on any atom is 0.219 e. The van der Waals surface area contributed by atoms with E-state index >= 15 is 0 Å². The van der Waals surface area contributed by atoms with Gasteiger partial charge in [0.2, 0.25) is 5.78 Å². The first kappa shape index (κ1) is 19.5. The molecule has 1 saturated heterocycles. The lowest BCUT2D eigenvalue weighted by Gasteiger charge is -2.38. The number of hydrogen-bond acceptors (Lipinski definition) is 3. The molecule has 29 heavy (non-hydrogen) atoms. The van der Waals surface area contributed by atoms with Gasteiger partial charge in [-0.15, -0.1) is 0 Å². The SMILES string of the molecule is COc1ccc(N2CC[NH+](CC(=O)c3c(C)[nH]c4cc(C)ccc34)C[C@@H]2C)cc1. The molecule has 0 saturated carbocycles. The molecule has 0 spiro atoms. The maximum atomic E-state index is 13.2. The third-order valence-corrected chi connectivity index (χ3v) is 6.06. The Labute approximate surface area is 172 Å². The first-order chi connectivity index (χ1) is 14.0. The van der Waals surface area contributed by atoms with Crippen LogP contribution < -0.4 is 14.5 Å². The Kier molecular flexibility index (Phi) is 5.33. The Morgan fingerprint density at radius 1 is 1.21 bits per heavy atom. The van der Waals surface area contributed by atoms with Gasteiger partial charge in [0.25, 0.3) is 0 Å². The lowest BCUT2D eigenvalue weighted by molar-refractivity contribution is -0.894.